The van der Waals surface area contributed by atoms with Gasteiger partial charge in [-0.1, -0.05) is 0 Å². The second-order valence-electron chi connectivity index (χ2n) is 4.26. The van der Waals surface area contributed by atoms with E-state index in [1.165, 1.54) is 5.56 Å². The quantitative estimate of drug-likeness (QED) is 0.772. The lowest BCUT2D eigenvalue weighted by molar-refractivity contribution is 0.220. The molecule has 1 N–H and O–H groups in total. The minimum Gasteiger partial charge on any atom is -0.396 e. The van der Waals surface area contributed by atoms with Crippen LogP contribution in [0.15, 0.2) is 18.5 Å². The number of aromatic nitrogens is 1. The standard InChI is InChI=1S/C11H18N2O/c1-12-4-2-10(6-12)7-13-5-3-11(8-13)9-14/h2,4,6,11,14H,3,5,7-9H2,1H3. The van der Waals surface area contributed by atoms with Gasteiger partial charge in [-0.3, -0.25) is 4.90 Å². The van der Waals surface area contributed by atoms with Crippen molar-refractivity contribution in [3.8, 4) is 0 Å². The van der Waals surface area contributed by atoms with Gasteiger partial charge in [0.25, 0.3) is 0 Å². The van der Waals surface area contributed by atoms with Crippen LogP contribution in [0.5, 0.6) is 0 Å². The van der Waals surface area contributed by atoms with Crippen LogP contribution in [0, 0.1) is 5.92 Å². The zero-order valence-electron chi connectivity index (χ0n) is 8.69. The lowest BCUT2D eigenvalue weighted by Crippen LogP contribution is -2.20. The summed E-state index contributed by atoms with van der Waals surface area (Å²) in [7, 11) is 2.05. The van der Waals surface area contributed by atoms with Crippen LogP contribution in [0.2, 0.25) is 0 Å². The molecule has 78 valence electrons. The third-order valence-electron chi connectivity index (χ3n) is 2.93. The topological polar surface area (TPSA) is 28.4 Å². The molecule has 14 heavy (non-hydrogen) atoms. The number of hydrogen-bond donors (Lipinski definition) is 1. The molecule has 0 spiro atoms. The monoisotopic (exact) mass is 194 g/mol. The highest BCUT2D eigenvalue weighted by molar-refractivity contribution is 5.09. The lowest BCUT2D eigenvalue weighted by atomic mass is 10.1. The van der Waals surface area contributed by atoms with Gasteiger partial charge >= 0.3 is 0 Å². The first-order chi connectivity index (χ1) is 6.78. The van der Waals surface area contributed by atoms with Gasteiger partial charge in [0.15, 0.2) is 0 Å². The third kappa shape index (κ3) is 2.16. The molecule has 0 bridgehead atoms. The maximum absolute atomic E-state index is 9.02. The summed E-state index contributed by atoms with van der Waals surface area (Å²) in [5, 5.41) is 9.02. The highest BCUT2D eigenvalue weighted by atomic mass is 16.3. The van der Waals surface area contributed by atoms with Gasteiger partial charge < -0.3 is 9.67 Å². The highest BCUT2D eigenvalue weighted by Crippen LogP contribution is 2.17. The van der Waals surface area contributed by atoms with E-state index in [2.05, 4.69) is 27.9 Å². The van der Waals surface area contributed by atoms with Crippen molar-refractivity contribution in [2.24, 2.45) is 13.0 Å². The first-order valence-electron chi connectivity index (χ1n) is 5.22. The fourth-order valence-electron chi connectivity index (χ4n) is 2.12. The molecule has 0 saturated carbocycles. The summed E-state index contributed by atoms with van der Waals surface area (Å²) in [4.78, 5) is 2.41. The average Bonchev–Trinajstić information content (AvgIpc) is 2.76. The fourth-order valence-corrected chi connectivity index (χ4v) is 2.12. The molecule has 0 aromatic carbocycles. The van der Waals surface area contributed by atoms with Crippen LogP contribution in [0.1, 0.15) is 12.0 Å². The van der Waals surface area contributed by atoms with Gasteiger partial charge in [-0.15, -0.1) is 0 Å². The Kier molecular flexibility index (Phi) is 2.89. The molecule has 2 rings (SSSR count). The number of aliphatic hydroxyl groups excluding tert-OH is 1. The first kappa shape index (κ1) is 9.74. The molecule has 3 heteroatoms. The Bertz CT molecular complexity index is 295. The van der Waals surface area contributed by atoms with E-state index in [9.17, 15) is 0 Å². The van der Waals surface area contributed by atoms with Gasteiger partial charge in [0.2, 0.25) is 0 Å². The zero-order chi connectivity index (χ0) is 9.97. The predicted octanol–water partition coefficient (Wildman–Crippen LogP) is 0.839. The molecule has 1 fully saturated rings. The maximum atomic E-state index is 9.02. The lowest BCUT2D eigenvalue weighted by Gasteiger charge is -2.14. The summed E-state index contributed by atoms with van der Waals surface area (Å²) < 4.78 is 2.08. The van der Waals surface area contributed by atoms with E-state index in [0.29, 0.717) is 12.5 Å². The minimum absolute atomic E-state index is 0.339. The van der Waals surface area contributed by atoms with Gasteiger partial charge in [-0.2, -0.15) is 0 Å². The largest absolute Gasteiger partial charge is 0.396 e. The molecule has 1 saturated heterocycles. The summed E-state index contributed by atoms with van der Waals surface area (Å²) in [5.74, 6) is 0.499. The number of hydrogen-bond acceptors (Lipinski definition) is 2. The number of aryl methyl sites for hydroxylation is 1. The summed E-state index contributed by atoms with van der Waals surface area (Å²) in [6.45, 7) is 3.54. The van der Waals surface area contributed by atoms with E-state index in [0.717, 1.165) is 26.1 Å². The van der Waals surface area contributed by atoms with Crippen molar-refractivity contribution < 1.29 is 5.11 Å². The molecular formula is C11H18N2O. The Morgan fingerprint density at radius 3 is 3.00 bits per heavy atom. The Morgan fingerprint density at radius 1 is 1.57 bits per heavy atom. The summed E-state index contributed by atoms with van der Waals surface area (Å²) >= 11 is 0. The molecule has 3 nitrogen and oxygen atoms in total. The fraction of sp³-hybridized carbons (Fsp3) is 0.636. The third-order valence-corrected chi connectivity index (χ3v) is 2.93. The van der Waals surface area contributed by atoms with E-state index in [1.807, 2.05) is 7.05 Å². The van der Waals surface area contributed by atoms with Crippen molar-refractivity contribution in [1.82, 2.24) is 9.47 Å². The van der Waals surface area contributed by atoms with Crippen molar-refractivity contribution in [2.45, 2.75) is 13.0 Å². The van der Waals surface area contributed by atoms with Crippen LogP contribution in [0.3, 0.4) is 0 Å². The molecule has 0 aliphatic carbocycles. The zero-order valence-corrected chi connectivity index (χ0v) is 8.69. The van der Waals surface area contributed by atoms with Crippen LogP contribution in [-0.4, -0.2) is 34.3 Å². The van der Waals surface area contributed by atoms with Crippen LogP contribution in [0.4, 0.5) is 0 Å². The Balaban J connectivity index is 1.87. The van der Waals surface area contributed by atoms with Crippen LogP contribution >= 0.6 is 0 Å². The molecule has 0 radical (unpaired) electrons. The average molecular weight is 194 g/mol. The summed E-state index contributed by atoms with van der Waals surface area (Å²) in [6.07, 6.45) is 5.38. The van der Waals surface area contributed by atoms with Crippen LogP contribution < -0.4 is 0 Å². The molecule has 2 heterocycles. The van der Waals surface area contributed by atoms with Gasteiger partial charge in [-0.25, -0.2) is 0 Å². The SMILES string of the molecule is Cn1ccc(CN2CCC(CO)C2)c1. The number of aliphatic hydroxyl groups is 1. The van der Waals surface area contributed by atoms with Gasteiger partial charge in [0.05, 0.1) is 0 Å². The first-order valence-corrected chi connectivity index (χ1v) is 5.22. The van der Waals surface area contributed by atoms with Crippen molar-refractivity contribution in [3.63, 3.8) is 0 Å². The van der Waals surface area contributed by atoms with Crippen LogP contribution in [0.25, 0.3) is 0 Å². The maximum Gasteiger partial charge on any atom is 0.0471 e. The second kappa shape index (κ2) is 4.15. The van der Waals surface area contributed by atoms with E-state index >= 15 is 0 Å². The Labute approximate surface area is 85.0 Å². The molecule has 1 aromatic rings. The van der Waals surface area contributed by atoms with E-state index < -0.39 is 0 Å². The van der Waals surface area contributed by atoms with Gasteiger partial charge in [0, 0.05) is 39.1 Å². The normalized spacial score (nSPS) is 23.1. The molecule has 1 unspecified atom stereocenters. The predicted molar refractivity (Wildman–Crippen MR) is 55.9 cm³/mol. The van der Waals surface area contributed by atoms with E-state index in [1.54, 1.807) is 0 Å². The number of nitrogens with zero attached hydrogens (tertiary/aromatic N) is 2. The van der Waals surface area contributed by atoms with E-state index in [4.69, 9.17) is 5.11 Å². The summed E-state index contributed by atoms with van der Waals surface area (Å²) in [5.41, 5.74) is 1.37. The summed E-state index contributed by atoms with van der Waals surface area (Å²) in [6, 6.07) is 2.16. The van der Waals surface area contributed by atoms with Gasteiger partial charge in [0.1, 0.15) is 0 Å². The molecular weight excluding hydrogens is 176 g/mol. The molecule has 1 atom stereocenters. The molecule has 1 aliphatic heterocycles. The van der Waals surface area contributed by atoms with Crippen molar-refractivity contribution in [2.75, 3.05) is 19.7 Å². The van der Waals surface area contributed by atoms with Crippen molar-refractivity contribution in [3.05, 3.63) is 24.0 Å². The number of likely N-dealkylation sites (tertiary alicyclic amines) is 1. The van der Waals surface area contributed by atoms with Crippen molar-refractivity contribution >= 4 is 0 Å². The van der Waals surface area contributed by atoms with Crippen molar-refractivity contribution in [1.29, 1.82) is 0 Å². The molecule has 1 aliphatic rings. The smallest absolute Gasteiger partial charge is 0.0471 e. The highest BCUT2D eigenvalue weighted by Gasteiger charge is 2.21. The second-order valence-corrected chi connectivity index (χ2v) is 4.26. The molecule has 1 aromatic heterocycles. The number of rotatable bonds is 3. The van der Waals surface area contributed by atoms with Gasteiger partial charge in [-0.05, 0) is 30.5 Å². The minimum atomic E-state index is 0.339. The van der Waals surface area contributed by atoms with Crippen LogP contribution in [-0.2, 0) is 13.6 Å². The Hall–Kier alpha value is -0.800. The Morgan fingerprint density at radius 2 is 2.43 bits per heavy atom. The van der Waals surface area contributed by atoms with E-state index in [-0.39, 0.29) is 0 Å². The molecule has 0 amide bonds.